The zero-order chi connectivity index (χ0) is 17.0. The first-order chi connectivity index (χ1) is 10.8. The highest BCUT2D eigenvalue weighted by Gasteiger charge is 2.33. The highest BCUT2D eigenvalue weighted by atomic mass is 19.4. The van der Waals surface area contributed by atoms with Crippen molar-refractivity contribution in [3.05, 3.63) is 41.5 Å². The van der Waals surface area contributed by atoms with Gasteiger partial charge in [0.1, 0.15) is 11.9 Å². The summed E-state index contributed by atoms with van der Waals surface area (Å²) < 4.78 is 43.3. The number of amides is 2. The van der Waals surface area contributed by atoms with Crippen LogP contribution in [0.2, 0.25) is 0 Å². The molecule has 1 aliphatic rings. The first-order valence-corrected chi connectivity index (χ1v) is 7.26. The number of allylic oxidation sites excluding steroid dienone is 1. The zero-order valence-electron chi connectivity index (χ0n) is 13.0. The molecule has 1 N–H and O–H groups in total. The van der Waals surface area contributed by atoms with Crippen molar-refractivity contribution in [3.8, 4) is 5.75 Å². The number of halogens is 3. The minimum absolute atomic E-state index is 0.162. The van der Waals surface area contributed by atoms with Crippen LogP contribution >= 0.6 is 0 Å². The fourth-order valence-corrected chi connectivity index (χ4v) is 2.07. The molecular formula is C16H19F3N2O2. The minimum atomic E-state index is -4.39. The Kier molecular flexibility index (Phi) is 5.18. The van der Waals surface area contributed by atoms with Gasteiger partial charge in [-0.15, -0.1) is 0 Å². The molecule has 126 valence electrons. The topological polar surface area (TPSA) is 41.6 Å². The Bertz CT molecular complexity index is 589. The fourth-order valence-electron chi connectivity index (χ4n) is 2.07. The lowest BCUT2D eigenvalue weighted by Crippen LogP contribution is -2.58. The fraction of sp³-hybridized carbons (Fsp3) is 0.438. The molecule has 0 aliphatic carbocycles. The van der Waals surface area contributed by atoms with Gasteiger partial charge in [0.25, 0.3) is 0 Å². The van der Waals surface area contributed by atoms with Crippen molar-refractivity contribution in [3.63, 3.8) is 0 Å². The Balaban J connectivity index is 1.80. The molecule has 23 heavy (non-hydrogen) atoms. The van der Waals surface area contributed by atoms with E-state index in [1.165, 1.54) is 12.1 Å². The molecule has 1 fully saturated rings. The highest BCUT2D eigenvalue weighted by Crippen LogP contribution is 2.31. The first-order valence-electron chi connectivity index (χ1n) is 7.26. The highest BCUT2D eigenvalue weighted by molar-refractivity contribution is 5.75. The summed E-state index contributed by atoms with van der Waals surface area (Å²) in [4.78, 5) is 13.3. The van der Waals surface area contributed by atoms with Crippen molar-refractivity contribution in [1.82, 2.24) is 10.2 Å². The van der Waals surface area contributed by atoms with Crippen LogP contribution in [0.4, 0.5) is 18.0 Å². The number of rotatable bonds is 4. The van der Waals surface area contributed by atoms with Crippen molar-refractivity contribution >= 4 is 6.03 Å². The van der Waals surface area contributed by atoms with E-state index in [-0.39, 0.29) is 17.9 Å². The van der Waals surface area contributed by atoms with Crippen molar-refractivity contribution in [2.24, 2.45) is 0 Å². The van der Waals surface area contributed by atoms with Crippen LogP contribution in [0, 0.1) is 0 Å². The Labute approximate surface area is 132 Å². The van der Waals surface area contributed by atoms with Gasteiger partial charge in [0, 0.05) is 6.54 Å². The van der Waals surface area contributed by atoms with E-state index in [0.717, 1.165) is 17.7 Å². The summed E-state index contributed by atoms with van der Waals surface area (Å²) in [5.41, 5.74) is 0.366. The van der Waals surface area contributed by atoms with Crippen molar-refractivity contribution in [1.29, 1.82) is 0 Å². The van der Waals surface area contributed by atoms with Crippen LogP contribution in [-0.4, -0.2) is 36.7 Å². The summed E-state index contributed by atoms with van der Waals surface area (Å²) in [6.45, 7) is 5.05. The van der Waals surface area contributed by atoms with Crippen LogP contribution in [0.1, 0.15) is 19.4 Å². The van der Waals surface area contributed by atoms with Crippen LogP contribution in [0.25, 0.3) is 0 Å². The van der Waals surface area contributed by atoms with Gasteiger partial charge in [-0.05, 0) is 32.0 Å². The standard InChI is InChI=1S/C16H19F3N2O2/c1-11(2)6-7-20-15(22)21-9-14(10-21)23-13-5-3-4-12(8-13)16(17,18)19/h3-6,8,14H,7,9-10H2,1-2H3,(H,20,22). The molecule has 0 saturated carbocycles. The van der Waals surface area contributed by atoms with Crippen LogP contribution in [0.3, 0.4) is 0 Å². The van der Waals surface area contributed by atoms with Gasteiger partial charge in [0.05, 0.1) is 18.7 Å². The average molecular weight is 328 g/mol. The lowest BCUT2D eigenvalue weighted by molar-refractivity contribution is -0.137. The van der Waals surface area contributed by atoms with Gasteiger partial charge in [-0.3, -0.25) is 0 Å². The average Bonchev–Trinajstić information content (AvgIpc) is 2.41. The number of likely N-dealkylation sites (tertiary alicyclic amines) is 1. The number of urea groups is 1. The molecule has 0 bridgehead atoms. The molecule has 2 amide bonds. The maximum atomic E-state index is 12.6. The van der Waals surface area contributed by atoms with E-state index in [0.29, 0.717) is 19.6 Å². The van der Waals surface area contributed by atoms with Gasteiger partial charge < -0.3 is 15.0 Å². The summed E-state index contributed by atoms with van der Waals surface area (Å²) in [5.74, 6) is 0.162. The Hall–Kier alpha value is -2.18. The summed E-state index contributed by atoms with van der Waals surface area (Å²) in [7, 11) is 0. The number of carbonyl (C=O) groups excluding carboxylic acids is 1. The van der Waals surface area contributed by atoms with E-state index in [1.807, 2.05) is 19.9 Å². The predicted molar refractivity (Wildman–Crippen MR) is 80.3 cm³/mol. The van der Waals surface area contributed by atoms with Crippen molar-refractivity contribution in [2.45, 2.75) is 26.1 Å². The van der Waals surface area contributed by atoms with Crippen LogP contribution in [-0.2, 0) is 6.18 Å². The van der Waals surface area contributed by atoms with Gasteiger partial charge in [-0.25, -0.2) is 4.79 Å². The van der Waals surface area contributed by atoms with Crippen LogP contribution in [0.5, 0.6) is 5.75 Å². The zero-order valence-corrected chi connectivity index (χ0v) is 13.0. The maximum Gasteiger partial charge on any atom is 0.416 e. The molecular weight excluding hydrogens is 309 g/mol. The summed E-state index contributed by atoms with van der Waals surface area (Å²) >= 11 is 0. The van der Waals surface area contributed by atoms with Crippen molar-refractivity contribution < 1.29 is 22.7 Å². The smallest absolute Gasteiger partial charge is 0.416 e. The van der Waals surface area contributed by atoms with Crippen LogP contribution < -0.4 is 10.1 Å². The lowest BCUT2D eigenvalue weighted by atomic mass is 10.1. The molecule has 1 heterocycles. The lowest BCUT2D eigenvalue weighted by Gasteiger charge is -2.38. The largest absolute Gasteiger partial charge is 0.487 e. The van der Waals surface area contributed by atoms with E-state index < -0.39 is 11.7 Å². The van der Waals surface area contributed by atoms with Crippen LogP contribution in [0.15, 0.2) is 35.9 Å². The van der Waals surface area contributed by atoms with Gasteiger partial charge in [-0.2, -0.15) is 13.2 Å². The second-order valence-electron chi connectivity index (χ2n) is 5.64. The molecule has 0 spiro atoms. The molecule has 0 aromatic heterocycles. The monoisotopic (exact) mass is 328 g/mol. The molecule has 0 radical (unpaired) electrons. The molecule has 7 heteroatoms. The molecule has 0 unspecified atom stereocenters. The third-order valence-corrected chi connectivity index (χ3v) is 3.36. The van der Waals surface area contributed by atoms with Gasteiger partial charge in [0.2, 0.25) is 0 Å². The Morgan fingerprint density at radius 2 is 2.09 bits per heavy atom. The number of nitrogens with one attached hydrogen (secondary N) is 1. The molecule has 1 aromatic carbocycles. The number of benzene rings is 1. The predicted octanol–water partition coefficient (Wildman–Crippen LogP) is 3.44. The van der Waals surface area contributed by atoms with Gasteiger partial charge in [-0.1, -0.05) is 17.7 Å². The van der Waals surface area contributed by atoms with E-state index in [2.05, 4.69) is 5.32 Å². The first kappa shape index (κ1) is 17.2. The van der Waals surface area contributed by atoms with Gasteiger partial charge in [0.15, 0.2) is 0 Å². The molecule has 4 nitrogen and oxygen atoms in total. The molecule has 1 saturated heterocycles. The Morgan fingerprint density at radius 1 is 1.39 bits per heavy atom. The number of carbonyl (C=O) groups is 1. The minimum Gasteiger partial charge on any atom is -0.487 e. The number of hydrogen-bond acceptors (Lipinski definition) is 2. The number of hydrogen-bond donors (Lipinski definition) is 1. The quantitative estimate of drug-likeness (QED) is 0.860. The molecule has 0 atom stereocenters. The summed E-state index contributed by atoms with van der Waals surface area (Å²) in [6, 6.07) is 4.55. The SMILES string of the molecule is CC(C)=CCNC(=O)N1CC(Oc2cccc(C(F)(F)F)c2)C1. The third kappa shape index (κ3) is 4.91. The maximum absolute atomic E-state index is 12.6. The van der Waals surface area contributed by atoms with E-state index in [1.54, 1.807) is 4.90 Å². The molecule has 1 aliphatic heterocycles. The van der Waals surface area contributed by atoms with E-state index >= 15 is 0 Å². The summed E-state index contributed by atoms with van der Waals surface area (Å²) in [5, 5.41) is 2.74. The number of nitrogens with zero attached hydrogens (tertiary/aromatic N) is 1. The molecule has 1 aromatic rings. The second kappa shape index (κ2) is 6.93. The Morgan fingerprint density at radius 3 is 2.70 bits per heavy atom. The normalized spacial score (nSPS) is 14.9. The third-order valence-electron chi connectivity index (χ3n) is 3.36. The van der Waals surface area contributed by atoms with E-state index in [9.17, 15) is 18.0 Å². The summed E-state index contributed by atoms with van der Waals surface area (Å²) in [6.07, 6.45) is -2.78. The second-order valence-corrected chi connectivity index (χ2v) is 5.64. The number of alkyl halides is 3. The van der Waals surface area contributed by atoms with E-state index in [4.69, 9.17) is 4.74 Å². The number of ether oxygens (including phenoxy) is 1. The van der Waals surface area contributed by atoms with Gasteiger partial charge >= 0.3 is 12.2 Å². The molecule has 2 rings (SSSR count). The van der Waals surface area contributed by atoms with Crippen molar-refractivity contribution in [2.75, 3.05) is 19.6 Å².